The molecule has 0 amide bonds. The summed E-state index contributed by atoms with van der Waals surface area (Å²) < 4.78 is 10.4. The minimum atomic E-state index is 0. The summed E-state index contributed by atoms with van der Waals surface area (Å²) in [4.78, 5) is 0. The highest BCUT2D eigenvalue weighted by atomic mass is 35.5. The molecule has 0 bridgehead atoms. The summed E-state index contributed by atoms with van der Waals surface area (Å²) >= 11 is 0. The maximum atomic E-state index is 5.44. The minimum absolute atomic E-state index is 0. The van der Waals surface area contributed by atoms with E-state index in [9.17, 15) is 0 Å². The molecule has 3 nitrogen and oxygen atoms in total. The molecule has 0 radical (unpaired) electrons. The number of halogens is 1. The quantitative estimate of drug-likeness (QED) is 0.671. The molecule has 1 saturated heterocycles. The molecule has 0 aromatic heterocycles. The molecule has 0 aromatic carbocycles. The van der Waals surface area contributed by atoms with Crippen LogP contribution in [0, 0.1) is 0 Å². The van der Waals surface area contributed by atoms with Crippen LogP contribution in [0.4, 0.5) is 0 Å². The van der Waals surface area contributed by atoms with E-state index in [1.54, 1.807) is 7.11 Å². The maximum Gasteiger partial charge on any atom is 0.0933 e. The second kappa shape index (κ2) is 5.77. The van der Waals surface area contributed by atoms with Gasteiger partial charge in [0.2, 0.25) is 0 Å². The Morgan fingerprint density at radius 2 is 2.36 bits per heavy atom. The molecule has 1 rings (SSSR count). The summed E-state index contributed by atoms with van der Waals surface area (Å²) in [6, 6.07) is 0.494. The Hall–Kier alpha value is 0.170. The normalized spacial score (nSPS) is 31.1. The van der Waals surface area contributed by atoms with Crippen LogP contribution in [-0.4, -0.2) is 39.0 Å². The fourth-order valence-corrected chi connectivity index (χ4v) is 1.02. The first-order valence-corrected chi connectivity index (χ1v) is 3.67. The number of hydrogen-bond donors (Lipinski definition) is 1. The molecule has 2 atom stereocenters. The number of hydrogen-bond acceptors (Lipinski definition) is 3. The molecule has 0 spiro atoms. The second-order valence-electron chi connectivity index (χ2n) is 2.72. The van der Waals surface area contributed by atoms with Gasteiger partial charge in [0, 0.05) is 19.7 Å². The van der Waals surface area contributed by atoms with E-state index in [0.717, 1.165) is 13.2 Å². The molecule has 4 heteroatoms. The third kappa shape index (κ3) is 3.91. The van der Waals surface area contributed by atoms with E-state index in [4.69, 9.17) is 9.47 Å². The Kier molecular flexibility index (Phi) is 5.86. The van der Waals surface area contributed by atoms with Crippen molar-refractivity contribution < 1.29 is 9.47 Å². The van der Waals surface area contributed by atoms with Crippen LogP contribution in [0.5, 0.6) is 0 Å². The highest BCUT2D eigenvalue weighted by Gasteiger charge is 2.16. The number of ether oxygens (including phenoxy) is 2. The van der Waals surface area contributed by atoms with Gasteiger partial charge >= 0.3 is 0 Å². The van der Waals surface area contributed by atoms with Crippen LogP contribution in [0.25, 0.3) is 0 Å². The molecule has 0 aromatic rings. The van der Waals surface area contributed by atoms with Gasteiger partial charge < -0.3 is 14.8 Å². The molecular formula is C7H16ClNO2. The van der Waals surface area contributed by atoms with Gasteiger partial charge in [0.1, 0.15) is 0 Å². The van der Waals surface area contributed by atoms with Crippen molar-refractivity contribution in [2.75, 3.05) is 26.9 Å². The number of morpholine rings is 1. The first-order chi connectivity index (χ1) is 4.83. The number of methoxy groups -OCH3 is 1. The van der Waals surface area contributed by atoms with Crippen LogP contribution in [0.3, 0.4) is 0 Å². The van der Waals surface area contributed by atoms with Crippen molar-refractivity contribution in [3.63, 3.8) is 0 Å². The Balaban J connectivity index is 0.000001000. The average Bonchev–Trinajstić information content (AvgIpc) is 1.95. The highest BCUT2D eigenvalue weighted by Crippen LogP contribution is 1.99. The standard InChI is InChI=1S/C7H15NO2.ClH/c1-6-4-10-7(3-8-6)5-9-2;/h6-8H,3-5H2,1-2H3;1H/t6-,7?;/m0./s1. The fraction of sp³-hybridized carbons (Fsp3) is 1.00. The van der Waals surface area contributed by atoms with Crippen LogP contribution in [0.1, 0.15) is 6.92 Å². The van der Waals surface area contributed by atoms with Crippen LogP contribution in [-0.2, 0) is 9.47 Å². The van der Waals surface area contributed by atoms with Gasteiger partial charge in [-0.2, -0.15) is 0 Å². The number of nitrogens with one attached hydrogen (secondary N) is 1. The van der Waals surface area contributed by atoms with Crippen molar-refractivity contribution in [1.29, 1.82) is 0 Å². The van der Waals surface area contributed by atoms with Crippen molar-refractivity contribution in [2.24, 2.45) is 0 Å². The second-order valence-corrected chi connectivity index (χ2v) is 2.72. The molecule has 1 aliphatic heterocycles. The Morgan fingerprint density at radius 1 is 1.64 bits per heavy atom. The smallest absolute Gasteiger partial charge is 0.0933 e. The maximum absolute atomic E-state index is 5.44. The lowest BCUT2D eigenvalue weighted by Crippen LogP contribution is -2.46. The predicted octanol–water partition coefficient (Wildman–Crippen LogP) is 0.432. The Labute approximate surface area is 73.9 Å². The van der Waals surface area contributed by atoms with Gasteiger partial charge in [0.05, 0.1) is 19.3 Å². The summed E-state index contributed by atoms with van der Waals surface area (Å²) in [5.41, 5.74) is 0. The van der Waals surface area contributed by atoms with E-state index < -0.39 is 0 Å². The summed E-state index contributed by atoms with van der Waals surface area (Å²) in [5.74, 6) is 0. The lowest BCUT2D eigenvalue weighted by atomic mass is 10.2. The zero-order valence-electron chi connectivity index (χ0n) is 7.00. The molecule has 1 N–H and O–H groups in total. The van der Waals surface area contributed by atoms with Crippen LogP contribution in [0.15, 0.2) is 0 Å². The SMILES string of the molecule is COCC1CN[C@@H](C)CO1.Cl. The minimum Gasteiger partial charge on any atom is -0.382 e. The largest absolute Gasteiger partial charge is 0.382 e. The third-order valence-electron chi connectivity index (χ3n) is 1.63. The van der Waals surface area contributed by atoms with Gasteiger partial charge in [0.15, 0.2) is 0 Å². The van der Waals surface area contributed by atoms with Crippen molar-refractivity contribution in [1.82, 2.24) is 5.32 Å². The van der Waals surface area contributed by atoms with E-state index >= 15 is 0 Å². The topological polar surface area (TPSA) is 30.5 Å². The van der Waals surface area contributed by atoms with E-state index in [0.29, 0.717) is 12.6 Å². The summed E-state index contributed by atoms with van der Waals surface area (Å²) in [6.45, 7) is 4.52. The Morgan fingerprint density at radius 3 is 2.82 bits per heavy atom. The Bertz CT molecular complexity index is 94.4. The van der Waals surface area contributed by atoms with E-state index in [1.165, 1.54) is 0 Å². The van der Waals surface area contributed by atoms with Crippen LogP contribution >= 0.6 is 12.4 Å². The zero-order valence-corrected chi connectivity index (χ0v) is 7.82. The van der Waals surface area contributed by atoms with Crippen molar-refractivity contribution in [3.8, 4) is 0 Å². The van der Waals surface area contributed by atoms with Crippen molar-refractivity contribution >= 4 is 12.4 Å². The lowest BCUT2D eigenvalue weighted by Gasteiger charge is -2.27. The summed E-state index contributed by atoms with van der Waals surface area (Å²) in [6.07, 6.45) is 0.251. The molecule has 0 aliphatic carbocycles. The zero-order chi connectivity index (χ0) is 7.40. The first-order valence-electron chi connectivity index (χ1n) is 3.67. The molecule has 68 valence electrons. The molecule has 11 heavy (non-hydrogen) atoms. The average molecular weight is 182 g/mol. The van der Waals surface area contributed by atoms with E-state index in [-0.39, 0.29) is 18.5 Å². The van der Waals surface area contributed by atoms with Gasteiger partial charge in [-0.3, -0.25) is 0 Å². The van der Waals surface area contributed by atoms with Crippen LogP contribution < -0.4 is 5.32 Å². The third-order valence-corrected chi connectivity index (χ3v) is 1.63. The fourth-order valence-electron chi connectivity index (χ4n) is 1.02. The monoisotopic (exact) mass is 181 g/mol. The van der Waals surface area contributed by atoms with E-state index in [2.05, 4.69) is 12.2 Å². The summed E-state index contributed by atoms with van der Waals surface area (Å²) in [5, 5.41) is 3.31. The highest BCUT2D eigenvalue weighted by molar-refractivity contribution is 5.85. The van der Waals surface area contributed by atoms with Gasteiger partial charge in [-0.15, -0.1) is 12.4 Å². The summed E-state index contributed by atoms with van der Waals surface area (Å²) in [7, 11) is 1.70. The van der Waals surface area contributed by atoms with Gasteiger partial charge in [-0.1, -0.05) is 0 Å². The van der Waals surface area contributed by atoms with Gasteiger partial charge in [-0.25, -0.2) is 0 Å². The molecular weight excluding hydrogens is 166 g/mol. The molecule has 1 unspecified atom stereocenters. The van der Waals surface area contributed by atoms with Crippen molar-refractivity contribution in [3.05, 3.63) is 0 Å². The molecule has 1 heterocycles. The molecule has 1 fully saturated rings. The van der Waals surface area contributed by atoms with Crippen molar-refractivity contribution in [2.45, 2.75) is 19.1 Å². The first kappa shape index (κ1) is 11.2. The number of rotatable bonds is 2. The van der Waals surface area contributed by atoms with Gasteiger partial charge in [0.25, 0.3) is 0 Å². The van der Waals surface area contributed by atoms with Crippen LogP contribution in [0.2, 0.25) is 0 Å². The predicted molar refractivity (Wildman–Crippen MR) is 46.3 cm³/mol. The van der Waals surface area contributed by atoms with E-state index in [1.807, 2.05) is 0 Å². The lowest BCUT2D eigenvalue weighted by molar-refractivity contribution is -0.0330. The van der Waals surface area contributed by atoms with Gasteiger partial charge in [-0.05, 0) is 6.92 Å². The molecule has 0 saturated carbocycles. The molecule has 1 aliphatic rings.